The van der Waals surface area contributed by atoms with E-state index in [1.807, 2.05) is 18.2 Å². The SMILES string of the molecule is COC(=O)C1CN(C(=O)Cn2nc(C(F)F)cc2C(F)F)CCN1c1nc(C(=O)N(C)C2CCCc3ccccc32)cs1. The number of esters is 1. The highest BCUT2D eigenvalue weighted by atomic mass is 32.1. The molecule has 43 heavy (non-hydrogen) atoms. The number of halogens is 4. The van der Waals surface area contributed by atoms with Crippen molar-refractivity contribution in [1.29, 1.82) is 0 Å². The molecule has 2 aliphatic rings. The summed E-state index contributed by atoms with van der Waals surface area (Å²) >= 11 is 1.18. The van der Waals surface area contributed by atoms with E-state index in [-0.39, 0.29) is 37.3 Å². The van der Waals surface area contributed by atoms with Gasteiger partial charge < -0.3 is 19.4 Å². The van der Waals surface area contributed by atoms with Crippen molar-refractivity contribution in [2.75, 3.05) is 38.7 Å². The van der Waals surface area contributed by atoms with Gasteiger partial charge in [0.2, 0.25) is 5.91 Å². The van der Waals surface area contributed by atoms with Crippen LogP contribution in [0.15, 0.2) is 35.7 Å². The molecule has 1 aromatic carbocycles. The molecule has 2 atom stereocenters. The van der Waals surface area contributed by atoms with E-state index in [9.17, 15) is 31.9 Å². The first-order valence-electron chi connectivity index (χ1n) is 13.7. The molecular formula is C28H30F4N6O4S. The fourth-order valence-corrected chi connectivity index (χ4v) is 6.49. The highest BCUT2D eigenvalue weighted by molar-refractivity contribution is 7.14. The van der Waals surface area contributed by atoms with E-state index in [1.54, 1.807) is 22.2 Å². The fourth-order valence-electron chi connectivity index (χ4n) is 5.61. The number of benzene rings is 1. The van der Waals surface area contributed by atoms with E-state index in [0.29, 0.717) is 15.9 Å². The van der Waals surface area contributed by atoms with Crippen molar-refractivity contribution in [3.8, 4) is 0 Å². The van der Waals surface area contributed by atoms with Crippen LogP contribution in [0.25, 0.3) is 0 Å². The molecule has 10 nitrogen and oxygen atoms in total. The van der Waals surface area contributed by atoms with Gasteiger partial charge in [-0.2, -0.15) is 5.10 Å². The van der Waals surface area contributed by atoms with Crippen molar-refractivity contribution in [2.24, 2.45) is 0 Å². The maximum atomic E-state index is 13.5. The average Bonchev–Trinajstić information content (AvgIpc) is 3.67. The van der Waals surface area contributed by atoms with Crippen LogP contribution in [0.4, 0.5) is 22.7 Å². The Morgan fingerprint density at radius 1 is 1.14 bits per heavy atom. The second kappa shape index (κ2) is 12.7. The van der Waals surface area contributed by atoms with Crippen LogP contribution in [-0.4, -0.2) is 82.2 Å². The summed E-state index contributed by atoms with van der Waals surface area (Å²) in [4.78, 5) is 48.4. The van der Waals surface area contributed by atoms with E-state index in [4.69, 9.17) is 4.74 Å². The van der Waals surface area contributed by atoms with Crippen molar-refractivity contribution < 1.29 is 36.7 Å². The van der Waals surface area contributed by atoms with Gasteiger partial charge >= 0.3 is 5.97 Å². The molecule has 1 aliphatic carbocycles. The molecule has 0 spiro atoms. The summed E-state index contributed by atoms with van der Waals surface area (Å²) in [5, 5.41) is 5.48. The Hall–Kier alpha value is -4.01. The molecule has 2 aromatic heterocycles. The summed E-state index contributed by atoms with van der Waals surface area (Å²) in [5.74, 6) is -1.60. The van der Waals surface area contributed by atoms with E-state index >= 15 is 0 Å². The van der Waals surface area contributed by atoms with Gasteiger partial charge in [-0.15, -0.1) is 11.3 Å². The van der Waals surface area contributed by atoms with Crippen LogP contribution < -0.4 is 4.90 Å². The number of hydrogen-bond acceptors (Lipinski definition) is 8. The van der Waals surface area contributed by atoms with Gasteiger partial charge in [-0.25, -0.2) is 27.3 Å². The van der Waals surface area contributed by atoms with Gasteiger partial charge in [0.15, 0.2) is 5.13 Å². The van der Waals surface area contributed by atoms with Gasteiger partial charge in [-0.1, -0.05) is 24.3 Å². The molecule has 2 amide bonds. The Balaban J connectivity index is 1.30. The third kappa shape index (κ3) is 6.21. The number of thiazole rings is 1. The molecule has 5 rings (SSSR count). The van der Waals surface area contributed by atoms with Gasteiger partial charge in [0.1, 0.15) is 29.7 Å². The smallest absolute Gasteiger partial charge is 0.330 e. The third-order valence-electron chi connectivity index (χ3n) is 7.85. The number of amides is 2. The molecule has 1 fully saturated rings. The highest BCUT2D eigenvalue weighted by Crippen LogP contribution is 2.35. The van der Waals surface area contributed by atoms with Crippen LogP contribution in [0.5, 0.6) is 0 Å². The lowest BCUT2D eigenvalue weighted by atomic mass is 9.87. The lowest BCUT2D eigenvalue weighted by Gasteiger charge is -2.39. The van der Waals surface area contributed by atoms with Gasteiger partial charge in [-0.05, 0) is 36.5 Å². The van der Waals surface area contributed by atoms with Crippen LogP contribution in [-0.2, 0) is 27.3 Å². The summed E-state index contributed by atoms with van der Waals surface area (Å²) in [6.07, 6.45) is -3.43. The minimum atomic E-state index is -3.11. The van der Waals surface area contributed by atoms with E-state index in [2.05, 4.69) is 16.1 Å². The lowest BCUT2D eigenvalue weighted by Crippen LogP contribution is -2.58. The highest BCUT2D eigenvalue weighted by Gasteiger charge is 2.38. The molecule has 3 heterocycles. The van der Waals surface area contributed by atoms with Crippen molar-refractivity contribution in [3.05, 3.63) is 63.9 Å². The molecule has 0 saturated carbocycles. The van der Waals surface area contributed by atoms with E-state index in [1.165, 1.54) is 28.9 Å². The maximum Gasteiger partial charge on any atom is 0.330 e. The minimum absolute atomic E-state index is 0.0843. The summed E-state index contributed by atoms with van der Waals surface area (Å²) in [5.41, 5.74) is 0.910. The number of carbonyl (C=O) groups excluding carboxylic acids is 3. The number of alkyl halides is 4. The number of methoxy groups -OCH3 is 1. The summed E-state index contributed by atoms with van der Waals surface area (Å²) in [6, 6.07) is 7.55. The number of ether oxygens (including phenoxy) is 1. The van der Waals surface area contributed by atoms with Gasteiger partial charge in [-0.3, -0.25) is 14.3 Å². The number of aryl methyl sites for hydroxylation is 1. The molecular weight excluding hydrogens is 592 g/mol. The van der Waals surface area contributed by atoms with Gasteiger partial charge in [0.05, 0.1) is 19.7 Å². The Labute approximate surface area is 248 Å². The molecule has 0 N–H and O–H groups in total. The minimum Gasteiger partial charge on any atom is -0.467 e. The third-order valence-corrected chi connectivity index (χ3v) is 8.73. The van der Waals surface area contributed by atoms with Crippen molar-refractivity contribution >= 4 is 34.3 Å². The first-order valence-corrected chi connectivity index (χ1v) is 14.5. The average molecular weight is 623 g/mol. The molecule has 2 unspecified atom stereocenters. The van der Waals surface area contributed by atoms with Gasteiger partial charge in [0.25, 0.3) is 18.8 Å². The van der Waals surface area contributed by atoms with Crippen LogP contribution in [0.2, 0.25) is 0 Å². The molecule has 1 saturated heterocycles. The number of nitrogens with zero attached hydrogens (tertiary/aromatic N) is 6. The first kappa shape index (κ1) is 30.4. The largest absolute Gasteiger partial charge is 0.467 e. The maximum absolute atomic E-state index is 13.5. The lowest BCUT2D eigenvalue weighted by molar-refractivity contribution is -0.144. The van der Waals surface area contributed by atoms with Crippen LogP contribution in [0.1, 0.15) is 64.7 Å². The molecule has 1 aliphatic heterocycles. The zero-order valence-electron chi connectivity index (χ0n) is 23.5. The normalized spacial score (nSPS) is 18.6. The van der Waals surface area contributed by atoms with Gasteiger partial charge in [0, 0.05) is 25.5 Å². The number of anilines is 1. The number of aromatic nitrogens is 3. The number of piperazine rings is 1. The zero-order valence-corrected chi connectivity index (χ0v) is 24.3. The van der Waals surface area contributed by atoms with Crippen LogP contribution in [0.3, 0.4) is 0 Å². The fraction of sp³-hybridized carbons (Fsp3) is 0.464. The van der Waals surface area contributed by atoms with Crippen LogP contribution >= 0.6 is 11.3 Å². The predicted molar refractivity (Wildman–Crippen MR) is 148 cm³/mol. The Morgan fingerprint density at radius 3 is 2.63 bits per heavy atom. The summed E-state index contributed by atoms with van der Waals surface area (Å²) < 4.78 is 58.4. The number of carbonyl (C=O) groups is 3. The standard InChI is InChI=1S/C28H30F4N6O4S/c1-35(20-9-5-7-16-6-3-4-8-17(16)20)26(40)19-15-43-28(33-19)37-11-10-36(13-22(37)27(41)42-2)23(39)14-38-21(25(31)32)12-18(34-38)24(29)30/h3-4,6,8,12,15,20,22,24-25H,5,7,9-11,13-14H2,1-2H3. The number of rotatable bonds is 8. The Kier molecular flexibility index (Phi) is 8.99. The van der Waals surface area contributed by atoms with Crippen LogP contribution in [0, 0.1) is 0 Å². The van der Waals surface area contributed by atoms with Crippen molar-refractivity contribution in [1.82, 2.24) is 24.6 Å². The number of fused-ring (bicyclic) bond motifs is 1. The van der Waals surface area contributed by atoms with Crippen molar-refractivity contribution in [3.63, 3.8) is 0 Å². The second-order valence-corrected chi connectivity index (χ2v) is 11.2. The molecule has 0 radical (unpaired) electrons. The topological polar surface area (TPSA) is 101 Å². The summed E-state index contributed by atoms with van der Waals surface area (Å²) in [6.45, 7) is -0.657. The molecule has 230 valence electrons. The predicted octanol–water partition coefficient (Wildman–Crippen LogP) is 4.25. The quantitative estimate of drug-likeness (QED) is 0.274. The molecule has 3 aromatic rings. The van der Waals surface area contributed by atoms with E-state index in [0.717, 1.165) is 24.8 Å². The molecule has 15 heteroatoms. The zero-order chi connectivity index (χ0) is 30.8. The van der Waals surface area contributed by atoms with E-state index < -0.39 is 48.7 Å². The van der Waals surface area contributed by atoms with Crippen molar-refractivity contribution in [2.45, 2.75) is 50.7 Å². The Morgan fingerprint density at radius 2 is 1.91 bits per heavy atom. The Bertz CT molecular complexity index is 1500. The monoisotopic (exact) mass is 622 g/mol. The number of hydrogen-bond donors (Lipinski definition) is 0. The first-order chi connectivity index (χ1) is 20.6. The second-order valence-electron chi connectivity index (χ2n) is 10.4. The molecule has 0 bridgehead atoms. The summed E-state index contributed by atoms with van der Waals surface area (Å²) in [7, 11) is 2.94.